The van der Waals surface area contributed by atoms with Crippen LogP contribution in [0.5, 0.6) is 5.75 Å². The van der Waals surface area contributed by atoms with E-state index in [1.807, 2.05) is 33.0 Å². The number of benzene rings is 1. The van der Waals surface area contributed by atoms with Gasteiger partial charge in [-0.05, 0) is 31.5 Å². The number of nitrogens with one attached hydrogen (secondary N) is 1. The second-order valence-corrected chi connectivity index (χ2v) is 5.27. The first kappa shape index (κ1) is 13.9. The molecule has 0 spiro atoms. The van der Waals surface area contributed by atoms with Crippen molar-refractivity contribution in [3.63, 3.8) is 0 Å². The van der Waals surface area contributed by atoms with Gasteiger partial charge in [-0.25, -0.2) is 0 Å². The molecule has 0 aliphatic carbocycles. The molecule has 1 fully saturated rings. The lowest BCUT2D eigenvalue weighted by Crippen LogP contribution is -2.30. The lowest BCUT2D eigenvalue weighted by atomic mass is 10.1. The summed E-state index contributed by atoms with van der Waals surface area (Å²) >= 11 is 0. The summed E-state index contributed by atoms with van der Waals surface area (Å²) in [4.78, 5) is 13.4. The Balaban J connectivity index is 2.06. The molecule has 1 amide bonds. The predicted octanol–water partition coefficient (Wildman–Crippen LogP) is 1.97. The molecule has 1 aromatic carbocycles. The molecule has 1 heterocycles. The van der Waals surface area contributed by atoms with Crippen LogP contribution in [-0.4, -0.2) is 37.0 Å². The Morgan fingerprint density at radius 1 is 1.32 bits per heavy atom. The third-order valence-corrected chi connectivity index (χ3v) is 3.27. The Bertz CT molecular complexity index is 428. The molecule has 0 saturated carbocycles. The molecule has 4 heteroatoms. The van der Waals surface area contributed by atoms with Crippen molar-refractivity contribution in [1.82, 2.24) is 10.2 Å². The molecule has 1 unspecified atom stereocenters. The first-order chi connectivity index (χ1) is 9.06. The largest absolute Gasteiger partial charge is 0.491 e. The highest BCUT2D eigenvalue weighted by Gasteiger charge is 2.20. The summed E-state index contributed by atoms with van der Waals surface area (Å²) in [6, 6.07) is 8.32. The van der Waals surface area contributed by atoms with Crippen LogP contribution in [0.25, 0.3) is 0 Å². The maximum atomic E-state index is 11.6. The number of hydrogen-bond acceptors (Lipinski definition) is 3. The number of nitrogens with zero attached hydrogens (tertiary/aromatic N) is 1. The van der Waals surface area contributed by atoms with Gasteiger partial charge in [0.05, 0.1) is 6.10 Å². The Hall–Kier alpha value is -1.55. The van der Waals surface area contributed by atoms with Crippen LogP contribution in [0.4, 0.5) is 0 Å². The van der Waals surface area contributed by atoms with Crippen molar-refractivity contribution < 1.29 is 9.53 Å². The van der Waals surface area contributed by atoms with E-state index in [4.69, 9.17) is 4.74 Å². The zero-order valence-electron chi connectivity index (χ0n) is 11.8. The van der Waals surface area contributed by atoms with E-state index < -0.39 is 0 Å². The van der Waals surface area contributed by atoms with Gasteiger partial charge >= 0.3 is 0 Å². The van der Waals surface area contributed by atoms with E-state index in [2.05, 4.69) is 17.4 Å². The van der Waals surface area contributed by atoms with E-state index in [1.165, 1.54) is 5.56 Å². The zero-order chi connectivity index (χ0) is 13.8. The molecule has 1 aliphatic rings. The minimum Gasteiger partial charge on any atom is -0.491 e. The zero-order valence-corrected chi connectivity index (χ0v) is 11.8. The van der Waals surface area contributed by atoms with Gasteiger partial charge in [0.2, 0.25) is 5.91 Å². The van der Waals surface area contributed by atoms with E-state index in [1.54, 1.807) is 4.90 Å². The topological polar surface area (TPSA) is 41.6 Å². The number of ether oxygens (including phenoxy) is 1. The molecule has 1 aliphatic heterocycles. The fourth-order valence-electron chi connectivity index (χ4n) is 2.26. The quantitative estimate of drug-likeness (QED) is 0.905. The SMILES string of the molecule is CC(C)Oc1ccc(C2CN(C)C(=O)CCN2)cc1. The highest BCUT2D eigenvalue weighted by atomic mass is 16.5. The van der Waals surface area contributed by atoms with Gasteiger partial charge in [-0.2, -0.15) is 0 Å². The van der Waals surface area contributed by atoms with Crippen molar-refractivity contribution in [2.24, 2.45) is 0 Å². The number of carbonyl (C=O) groups is 1. The number of hydrogen-bond donors (Lipinski definition) is 1. The Kier molecular flexibility index (Phi) is 4.43. The monoisotopic (exact) mass is 262 g/mol. The van der Waals surface area contributed by atoms with Crippen molar-refractivity contribution in [2.75, 3.05) is 20.1 Å². The van der Waals surface area contributed by atoms with Crippen molar-refractivity contribution in [2.45, 2.75) is 32.4 Å². The minimum absolute atomic E-state index is 0.186. The van der Waals surface area contributed by atoms with Crippen LogP contribution >= 0.6 is 0 Å². The van der Waals surface area contributed by atoms with Crippen molar-refractivity contribution in [3.05, 3.63) is 29.8 Å². The van der Waals surface area contributed by atoms with Gasteiger partial charge < -0.3 is 15.0 Å². The average Bonchev–Trinajstić information content (AvgIpc) is 2.52. The summed E-state index contributed by atoms with van der Waals surface area (Å²) in [5.74, 6) is 1.09. The molecule has 1 N–H and O–H groups in total. The first-order valence-corrected chi connectivity index (χ1v) is 6.80. The van der Waals surface area contributed by atoms with Crippen molar-refractivity contribution in [3.8, 4) is 5.75 Å². The predicted molar refractivity (Wildman–Crippen MR) is 75.2 cm³/mol. The average molecular weight is 262 g/mol. The van der Waals surface area contributed by atoms with Crippen LogP contribution in [0.15, 0.2) is 24.3 Å². The van der Waals surface area contributed by atoms with E-state index in [0.717, 1.165) is 12.3 Å². The van der Waals surface area contributed by atoms with E-state index in [-0.39, 0.29) is 18.1 Å². The normalized spacial score (nSPS) is 20.5. The molecular formula is C15H22N2O2. The molecule has 0 bridgehead atoms. The van der Waals surface area contributed by atoms with E-state index >= 15 is 0 Å². The summed E-state index contributed by atoms with van der Waals surface area (Å²) in [5, 5.41) is 3.42. The van der Waals surface area contributed by atoms with Crippen LogP contribution in [-0.2, 0) is 4.79 Å². The number of carbonyl (C=O) groups excluding carboxylic acids is 1. The third kappa shape index (κ3) is 3.70. The fourth-order valence-corrected chi connectivity index (χ4v) is 2.26. The molecule has 2 rings (SSSR count). The number of rotatable bonds is 3. The Morgan fingerprint density at radius 2 is 2.00 bits per heavy atom. The standard InChI is InChI=1S/C15H22N2O2/c1-11(2)19-13-6-4-12(5-7-13)14-10-17(3)15(18)8-9-16-14/h4-7,11,14,16H,8-10H2,1-3H3. The summed E-state index contributed by atoms with van der Waals surface area (Å²) in [5.41, 5.74) is 1.19. The molecule has 104 valence electrons. The smallest absolute Gasteiger partial charge is 0.223 e. The number of amides is 1. The van der Waals surface area contributed by atoms with Gasteiger partial charge in [0.25, 0.3) is 0 Å². The minimum atomic E-state index is 0.186. The molecule has 0 aromatic heterocycles. The summed E-state index contributed by atoms with van der Waals surface area (Å²) in [7, 11) is 1.86. The lowest BCUT2D eigenvalue weighted by Gasteiger charge is -2.21. The van der Waals surface area contributed by atoms with Crippen molar-refractivity contribution in [1.29, 1.82) is 0 Å². The van der Waals surface area contributed by atoms with Crippen LogP contribution in [0.3, 0.4) is 0 Å². The molecule has 1 saturated heterocycles. The maximum Gasteiger partial charge on any atom is 0.223 e. The van der Waals surface area contributed by atoms with Crippen molar-refractivity contribution >= 4 is 5.91 Å². The van der Waals surface area contributed by atoms with E-state index in [0.29, 0.717) is 13.0 Å². The summed E-state index contributed by atoms with van der Waals surface area (Å²) in [6.07, 6.45) is 0.757. The van der Waals surface area contributed by atoms with Gasteiger partial charge in [0.1, 0.15) is 5.75 Å². The van der Waals surface area contributed by atoms with E-state index in [9.17, 15) is 4.79 Å². The molecular weight excluding hydrogens is 240 g/mol. The molecule has 1 aromatic rings. The van der Waals surface area contributed by atoms with Gasteiger partial charge in [0, 0.05) is 32.6 Å². The lowest BCUT2D eigenvalue weighted by molar-refractivity contribution is -0.129. The van der Waals surface area contributed by atoms with Gasteiger partial charge in [-0.1, -0.05) is 12.1 Å². The Labute approximate surface area is 114 Å². The Morgan fingerprint density at radius 3 is 2.63 bits per heavy atom. The molecule has 0 radical (unpaired) electrons. The highest BCUT2D eigenvalue weighted by molar-refractivity contribution is 5.76. The first-order valence-electron chi connectivity index (χ1n) is 6.80. The molecule has 4 nitrogen and oxygen atoms in total. The van der Waals surface area contributed by atoms with Gasteiger partial charge in [-0.15, -0.1) is 0 Å². The van der Waals surface area contributed by atoms with Crippen LogP contribution in [0, 0.1) is 0 Å². The molecule has 1 atom stereocenters. The third-order valence-electron chi connectivity index (χ3n) is 3.27. The maximum absolute atomic E-state index is 11.6. The van der Waals surface area contributed by atoms with Gasteiger partial charge in [0.15, 0.2) is 0 Å². The number of likely N-dealkylation sites (N-methyl/N-ethyl adjacent to an activating group) is 1. The highest BCUT2D eigenvalue weighted by Crippen LogP contribution is 2.20. The summed E-state index contributed by atoms with van der Waals surface area (Å²) in [6.45, 7) is 5.48. The second kappa shape index (κ2) is 6.06. The molecule has 19 heavy (non-hydrogen) atoms. The second-order valence-electron chi connectivity index (χ2n) is 5.27. The fraction of sp³-hybridized carbons (Fsp3) is 0.533. The summed E-state index contributed by atoms with van der Waals surface area (Å²) < 4.78 is 5.63. The van der Waals surface area contributed by atoms with Crippen LogP contribution in [0.2, 0.25) is 0 Å². The van der Waals surface area contributed by atoms with Crippen LogP contribution in [0.1, 0.15) is 31.9 Å². The van der Waals surface area contributed by atoms with Gasteiger partial charge in [-0.3, -0.25) is 4.79 Å². The van der Waals surface area contributed by atoms with Crippen LogP contribution < -0.4 is 10.1 Å².